The molecule has 0 saturated carbocycles. The summed E-state index contributed by atoms with van der Waals surface area (Å²) in [7, 11) is 4.02. The third kappa shape index (κ3) is 2.52. The number of fused-ring (bicyclic) bond motifs is 1. The first-order chi connectivity index (χ1) is 9.65. The first kappa shape index (κ1) is 13.4. The highest BCUT2D eigenvalue weighted by molar-refractivity contribution is 5.92. The zero-order valence-electron chi connectivity index (χ0n) is 12.3. The maximum atomic E-state index is 12.6. The normalized spacial score (nSPS) is 23.0. The molecule has 2 aliphatic rings. The van der Waals surface area contributed by atoms with Crippen molar-refractivity contribution in [2.75, 3.05) is 39.0 Å². The molecular formula is C14H23N5O. The van der Waals surface area contributed by atoms with Crippen molar-refractivity contribution in [2.24, 2.45) is 0 Å². The van der Waals surface area contributed by atoms with E-state index in [1.54, 1.807) is 0 Å². The van der Waals surface area contributed by atoms with Gasteiger partial charge in [0, 0.05) is 38.9 Å². The van der Waals surface area contributed by atoms with Crippen LogP contribution in [0.2, 0.25) is 0 Å². The Balaban J connectivity index is 1.72. The Kier molecular flexibility index (Phi) is 3.65. The lowest BCUT2D eigenvalue weighted by atomic mass is 10.0. The third-order valence-electron chi connectivity index (χ3n) is 4.32. The fourth-order valence-electron chi connectivity index (χ4n) is 3.08. The molecule has 6 nitrogen and oxygen atoms in total. The number of nitrogens with zero attached hydrogens (tertiary/aromatic N) is 4. The number of piperidine rings is 1. The molecule has 1 aromatic rings. The minimum Gasteiger partial charge on any atom is -0.356 e. The van der Waals surface area contributed by atoms with E-state index in [4.69, 9.17) is 0 Å². The van der Waals surface area contributed by atoms with Gasteiger partial charge in [-0.2, -0.15) is 0 Å². The second-order valence-electron chi connectivity index (χ2n) is 5.90. The Morgan fingerprint density at radius 2 is 2.30 bits per heavy atom. The number of anilines is 1. The van der Waals surface area contributed by atoms with Crippen LogP contribution in [0.25, 0.3) is 0 Å². The molecule has 110 valence electrons. The molecule has 1 unspecified atom stereocenters. The maximum absolute atomic E-state index is 12.6. The van der Waals surface area contributed by atoms with Gasteiger partial charge in [0.1, 0.15) is 5.69 Å². The number of rotatable bonds is 2. The van der Waals surface area contributed by atoms with E-state index in [-0.39, 0.29) is 5.91 Å². The second kappa shape index (κ2) is 5.44. The van der Waals surface area contributed by atoms with Crippen LogP contribution in [-0.4, -0.2) is 65.0 Å². The van der Waals surface area contributed by atoms with Gasteiger partial charge in [-0.25, -0.2) is 4.98 Å². The first-order valence-corrected chi connectivity index (χ1v) is 7.42. The van der Waals surface area contributed by atoms with Crippen molar-refractivity contribution in [3.05, 3.63) is 11.9 Å². The van der Waals surface area contributed by atoms with Crippen LogP contribution in [0.4, 0.5) is 5.95 Å². The van der Waals surface area contributed by atoms with E-state index in [0.29, 0.717) is 11.7 Å². The van der Waals surface area contributed by atoms with Gasteiger partial charge in [-0.05, 0) is 32.9 Å². The predicted octanol–water partition coefficient (Wildman–Crippen LogP) is 0.865. The fraction of sp³-hybridized carbons (Fsp3) is 0.714. The molecule has 0 spiro atoms. The summed E-state index contributed by atoms with van der Waals surface area (Å²) < 4.78 is 2.04. The number of amides is 1. The number of nitrogens with one attached hydrogen (secondary N) is 1. The van der Waals surface area contributed by atoms with Crippen molar-refractivity contribution in [3.8, 4) is 0 Å². The number of likely N-dealkylation sites (N-methyl/N-ethyl adjacent to an activating group) is 2. The summed E-state index contributed by atoms with van der Waals surface area (Å²) in [5.41, 5.74) is 0.560. The first-order valence-electron chi connectivity index (χ1n) is 7.42. The number of hydrogen-bond acceptors (Lipinski definition) is 4. The minimum atomic E-state index is 0.0361. The van der Waals surface area contributed by atoms with E-state index in [1.807, 2.05) is 22.7 Å². The summed E-state index contributed by atoms with van der Waals surface area (Å²) in [5.74, 6) is 0.864. The molecule has 0 bridgehead atoms. The molecule has 1 N–H and O–H groups in total. The lowest BCUT2D eigenvalue weighted by Gasteiger charge is -2.35. The highest BCUT2D eigenvalue weighted by Crippen LogP contribution is 2.18. The average Bonchev–Trinajstić information content (AvgIpc) is 2.89. The predicted molar refractivity (Wildman–Crippen MR) is 77.9 cm³/mol. The van der Waals surface area contributed by atoms with E-state index in [9.17, 15) is 4.79 Å². The average molecular weight is 277 g/mol. The summed E-state index contributed by atoms with van der Waals surface area (Å²) in [5, 5.41) is 3.24. The summed E-state index contributed by atoms with van der Waals surface area (Å²) in [4.78, 5) is 21.2. The van der Waals surface area contributed by atoms with Crippen molar-refractivity contribution in [1.82, 2.24) is 19.4 Å². The second-order valence-corrected chi connectivity index (χ2v) is 5.90. The van der Waals surface area contributed by atoms with Gasteiger partial charge < -0.3 is 19.7 Å². The number of hydrogen-bond donors (Lipinski definition) is 1. The van der Waals surface area contributed by atoms with Gasteiger partial charge >= 0.3 is 0 Å². The minimum absolute atomic E-state index is 0.0361. The molecule has 1 fully saturated rings. The van der Waals surface area contributed by atoms with Crippen LogP contribution in [0.3, 0.4) is 0 Å². The number of aryl methyl sites for hydroxylation is 1. The number of likely N-dealkylation sites (tertiary alicyclic amines) is 1. The van der Waals surface area contributed by atoms with Gasteiger partial charge in [-0.3, -0.25) is 4.79 Å². The monoisotopic (exact) mass is 277 g/mol. The molecule has 3 heterocycles. The SMILES string of the molecule is CN1CCCC(N(C)C(=O)c2cn3c(n2)NCCC3)C1. The van der Waals surface area contributed by atoms with Gasteiger partial charge in [-0.15, -0.1) is 0 Å². The lowest BCUT2D eigenvalue weighted by molar-refractivity contribution is 0.0638. The van der Waals surface area contributed by atoms with Crippen molar-refractivity contribution in [1.29, 1.82) is 0 Å². The molecule has 1 saturated heterocycles. The van der Waals surface area contributed by atoms with Crippen LogP contribution in [-0.2, 0) is 6.54 Å². The van der Waals surface area contributed by atoms with Gasteiger partial charge in [0.05, 0.1) is 0 Å². The van der Waals surface area contributed by atoms with E-state index in [1.165, 1.54) is 0 Å². The van der Waals surface area contributed by atoms with Gasteiger partial charge in [-0.1, -0.05) is 0 Å². The molecular weight excluding hydrogens is 254 g/mol. The van der Waals surface area contributed by atoms with Crippen molar-refractivity contribution in [2.45, 2.75) is 31.8 Å². The summed E-state index contributed by atoms with van der Waals surface area (Å²) in [6.45, 7) is 3.96. The summed E-state index contributed by atoms with van der Waals surface area (Å²) in [6, 6.07) is 0.299. The molecule has 0 aromatic carbocycles. The summed E-state index contributed by atoms with van der Waals surface area (Å²) in [6.07, 6.45) is 5.20. The van der Waals surface area contributed by atoms with E-state index in [2.05, 4.69) is 22.2 Å². The standard InChI is InChI=1S/C14H23N5O/c1-17-7-3-5-11(9-17)18(2)13(20)12-10-19-8-4-6-15-14(19)16-12/h10-11H,3-9H2,1-2H3,(H,15,16). The Morgan fingerprint density at radius 3 is 3.05 bits per heavy atom. The Labute approximate surface area is 119 Å². The molecule has 1 aromatic heterocycles. The summed E-state index contributed by atoms with van der Waals surface area (Å²) >= 11 is 0. The van der Waals surface area contributed by atoms with Gasteiger partial charge in [0.15, 0.2) is 0 Å². The molecule has 20 heavy (non-hydrogen) atoms. The van der Waals surface area contributed by atoms with E-state index >= 15 is 0 Å². The van der Waals surface area contributed by atoms with Crippen LogP contribution in [0.5, 0.6) is 0 Å². The highest BCUT2D eigenvalue weighted by Gasteiger charge is 2.27. The van der Waals surface area contributed by atoms with Crippen LogP contribution in [0.1, 0.15) is 29.8 Å². The van der Waals surface area contributed by atoms with Crippen molar-refractivity contribution < 1.29 is 4.79 Å². The zero-order valence-corrected chi connectivity index (χ0v) is 12.3. The molecule has 1 atom stereocenters. The molecule has 3 rings (SSSR count). The van der Waals surface area contributed by atoms with Crippen molar-refractivity contribution >= 4 is 11.9 Å². The molecule has 0 radical (unpaired) electrons. The van der Waals surface area contributed by atoms with Gasteiger partial charge in [0.25, 0.3) is 5.91 Å². The van der Waals surface area contributed by atoms with E-state index < -0.39 is 0 Å². The van der Waals surface area contributed by atoms with Gasteiger partial charge in [0.2, 0.25) is 5.95 Å². The number of carbonyl (C=O) groups is 1. The maximum Gasteiger partial charge on any atom is 0.274 e. The number of carbonyl (C=O) groups excluding carboxylic acids is 1. The third-order valence-corrected chi connectivity index (χ3v) is 4.32. The molecule has 0 aliphatic carbocycles. The van der Waals surface area contributed by atoms with Crippen LogP contribution >= 0.6 is 0 Å². The van der Waals surface area contributed by atoms with Crippen LogP contribution in [0, 0.1) is 0 Å². The smallest absolute Gasteiger partial charge is 0.274 e. The quantitative estimate of drug-likeness (QED) is 0.871. The molecule has 2 aliphatic heterocycles. The number of aromatic nitrogens is 2. The highest BCUT2D eigenvalue weighted by atomic mass is 16.2. The Bertz CT molecular complexity index is 474. The number of imidazole rings is 1. The topological polar surface area (TPSA) is 53.4 Å². The fourth-order valence-corrected chi connectivity index (χ4v) is 3.08. The van der Waals surface area contributed by atoms with Crippen molar-refractivity contribution in [3.63, 3.8) is 0 Å². The Morgan fingerprint density at radius 1 is 1.45 bits per heavy atom. The van der Waals surface area contributed by atoms with Crippen LogP contribution < -0.4 is 5.32 Å². The van der Waals surface area contributed by atoms with E-state index in [0.717, 1.165) is 51.4 Å². The zero-order chi connectivity index (χ0) is 14.1. The molecule has 1 amide bonds. The van der Waals surface area contributed by atoms with Crippen LogP contribution in [0.15, 0.2) is 6.20 Å². The molecule has 6 heteroatoms. The Hall–Kier alpha value is -1.56. The largest absolute Gasteiger partial charge is 0.356 e. The lowest BCUT2D eigenvalue weighted by Crippen LogP contribution is -2.47.